The third kappa shape index (κ3) is 5.43. The second-order valence-electron chi connectivity index (χ2n) is 10.0. The molecule has 1 aliphatic carbocycles. The van der Waals surface area contributed by atoms with E-state index in [1.54, 1.807) is 6.07 Å². The van der Waals surface area contributed by atoms with Crippen LogP contribution < -0.4 is 10.2 Å². The van der Waals surface area contributed by atoms with E-state index in [0.29, 0.717) is 29.4 Å². The van der Waals surface area contributed by atoms with Gasteiger partial charge in [-0.05, 0) is 61.4 Å². The summed E-state index contributed by atoms with van der Waals surface area (Å²) in [7, 11) is 0. The summed E-state index contributed by atoms with van der Waals surface area (Å²) in [6.07, 6.45) is -0.254. The Bertz CT molecular complexity index is 1270. The van der Waals surface area contributed by atoms with Crippen LogP contribution in [0, 0.1) is 18.8 Å². The number of aromatic nitrogens is 6. The van der Waals surface area contributed by atoms with Crippen LogP contribution in [0.15, 0.2) is 18.2 Å². The average molecular weight is 537 g/mol. The maximum Gasteiger partial charge on any atom is 0.436 e. The van der Waals surface area contributed by atoms with E-state index in [1.807, 2.05) is 12.1 Å². The summed E-state index contributed by atoms with van der Waals surface area (Å²) in [6.45, 7) is 5.50. The number of halogens is 4. The number of amides is 1. The molecular formula is C24H28ClF3N8O. The molecule has 13 heteroatoms. The molecule has 0 bridgehead atoms. The maximum absolute atomic E-state index is 13.6. The van der Waals surface area contributed by atoms with Crippen LogP contribution in [0.25, 0.3) is 11.4 Å². The largest absolute Gasteiger partial charge is 0.436 e. The molecule has 9 nitrogen and oxygen atoms in total. The van der Waals surface area contributed by atoms with Gasteiger partial charge in [0, 0.05) is 24.3 Å². The number of piperidine rings is 1. The van der Waals surface area contributed by atoms with E-state index >= 15 is 0 Å². The van der Waals surface area contributed by atoms with Crippen LogP contribution >= 0.6 is 11.6 Å². The molecule has 198 valence electrons. The number of nitrogens with zero attached hydrogens (tertiary/aromatic N) is 6. The first-order valence-electron chi connectivity index (χ1n) is 12.4. The van der Waals surface area contributed by atoms with Crippen molar-refractivity contribution < 1.29 is 18.0 Å². The zero-order valence-corrected chi connectivity index (χ0v) is 21.3. The Kier molecular flexibility index (Phi) is 6.86. The lowest BCUT2D eigenvalue weighted by molar-refractivity contribution is -0.141. The van der Waals surface area contributed by atoms with E-state index in [2.05, 4.69) is 42.9 Å². The molecular weight excluding hydrogens is 509 g/mol. The quantitative estimate of drug-likeness (QED) is 0.427. The van der Waals surface area contributed by atoms with Gasteiger partial charge in [0.1, 0.15) is 6.04 Å². The smallest absolute Gasteiger partial charge is 0.371 e. The number of aromatic amines is 1. The fourth-order valence-corrected chi connectivity index (χ4v) is 5.14. The third-order valence-electron chi connectivity index (χ3n) is 7.07. The summed E-state index contributed by atoms with van der Waals surface area (Å²) in [5.41, 5.74) is 0.890. The number of carbonyl (C=O) groups is 1. The normalized spacial score (nSPS) is 19.2. The Labute approximate surface area is 216 Å². The van der Waals surface area contributed by atoms with Crippen LogP contribution in [-0.4, -0.2) is 49.4 Å². The Balaban J connectivity index is 1.47. The Hall–Kier alpha value is -3.15. The van der Waals surface area contributed by atoms with Crippen molar-refractivity contribution in [2.75, 3.05) is 23.3 Å². The van der Waals surface area contributed by atoms with Gasteiger partial charge in [-0.25, -0.2) is 0 Å². The van der Waals surface area contributed by atoms with Gasteiger partial charge in [0.25, 0.3) is 0 Å². The van der Waals surface area contributed by atoms with Gasteiger partial charge < -0.3 is 10.2 Å². The molecule has 1 amide bonds. The Morgan fingerprint density at radius 1 is 1.30 bits per heavy atom. The minimum absolute atomic E-state index is 0.0998. The molecule has 2 fully saturated rings. The molecule has 1 aliphatic heterocycles. The molecule has 2 aromatic heterocycles. The molecule has 0 radical (unpaired) electrons. The van der Waals surface area contributed by atoms with Crippen molar-refractivity contribution in [3.05, 3.63) is 34.6 Å². The van der Waals surface area contributed by atoms with Crippen LogP contribution in [0.5, 0.6) is 0 Å². The van der Waals surface area contributed by atoms with E-state index < -0.39 is 28.8 Å². The predicted molar refractivity (Wildman–Crippen MR) is 132 cm³/mol. The summed E-state index contributed by atoms with van der Waals surface area (Å²) in [5.74, 6) is 0.633. The Morgan fingerprint density at radius 2 is 2.08 bits per heavy atom. The van der Waals surface area contributed by atoms with Gasteiger partial charge in [0.05, 0.1) is 16.4 Å². The van der Waals surface area contributed by atoms with Gasteiger partial charge in [-0.15, -0.1) is 10.2 Å². The van der Waals surface area contributed by atoms with Crippen LogP contribution in [0.3, 0.4) is 0 Å². The third-order valence-corrected chi connectivity index (χ3v) is 7.52. The fraction of sp³-hybridized carbons (Fsp3) is 0.542. The number of alkyl halides is 3. The SMILES string of the molecule is Cc1c(Cl)c(C(F)(F)F)nn1[C@@H](CC1CC1)C(=O)Nc1ccc(N2CCC[C@@H](C)C2)cc1-c1nn[nH]n1. The zero-order chi connectivity index (χ0) is 26.3. The lowest BCUT2D eigenvalue weighted by Crippen LogP contribution is -2.34. The molecule has 0 unspecified atom stereocenters. The fourth-order valence-electron chi connectivity index (χ4n) is 4.91. The van der Waals surface area contributed by atoms with Crippen LogP contribution in [0.2, 0.25) is 5.02 Å². The summed E-state index contributed by atoms with van der Waals surface area (Å²) in [5, 5.41) is 20.4. The van der Waals surface area contributed by atoms with E-state index in [9.17, 15) is 18.0 Å². The molecule has 1 saturated heterocycles. The van der Waals surface area contributed by atoms with Gasteiger partial charge in [0.15, 0.2) is 5.69 Å². The van der Waals surface area contributed by atoms with Gasteiger partial charge >= 0.3 is 6.18 Å². The number of hydrogen-bond donors (Lipinski definition) is 2. The van der Waals surface area contributed by atoms with Crippen molar-refractivity contribution in [1.29, 1.82) is 0 Å². The molecule has 3 heterocycles. The Morgan fingerprint density at radius 3 is 2.70 bits per heavy atom. The highest BCUT2D eigenvalue weighted by Gasteiger charge is 2.41. The standard InChI is InChI=1S/C24H28ClF3N8O/c1-13-4-3-9-35(12-13)16-7-8-18(17(11-16)22-30-33-34-31-22)29-23(37)19(10-15-5-6-15)36-14(2)20(25)21(32-36)24(26,27)28/h7-8,11,13,15,19H,3-6,9-10,12H2,1-2H3,(H,29,37)(H,30,31,33,34)/t13-,19+/m1/s1. The lowest BCUT2D eigenvalue weighted by atomic mass is 9.99. The van der Waals surface area contributed by atoms with Crippen LogP contribution in [-0.2, 0) is 11.0 Å². The van der Waals surface area contributed by atoms with Crippen molar-refractivity contribution in [3.8, 4) is 11.4 Å². The van der Waals surface area contributed by atoms with Gasteiger partial charge in [-0.3, -0.25) is 9.48 Å². The molecule has 3 aromatic rings. The first kappa shape index (κ1) is 25.5. The van der Waals surface area contributed by atoms with Crippen LogP contribution in [0.4, 0.5) is 24.5 Å². The first-order valence-corrected chi connectivity index (χ1v) is 12.7. The minimum atomic E-state index is -4.72. The molecule has 5 rings (SSSR count). The molecule has 2 atom stereocenters. The first-order chi connectivity index (χ1) is 17.6. The zero-order valence-electron chi connectivity index (χ0n) is 20.5. The highest BCUT2D eigenvalue weighted by atomic mass is 35.5. The van der Waals surface area contributed by atoms with Crippen molar-refractivity contribution >= 4 is 28.9 Å². The molecule has 37 heavy (non-hydrogen) atoms. The van der Waals surface area contributed by atoms with E-state index in [4.69, 9.17) is 11.6 Å². The number of benzene rings is 1. The number of tetrazole rings is 1. The lowest BCUT2D eigenvalue weighted by Gasteiger charge is -2.33. The topological polar surface area (TPSA) is 105 Å². The number of hydrogen-bond acceptors (Lipinski definition) is 6. The van der Waals surface area contributed by atoms with Gasteiger partial charge in [-0.1, -0.05) is 31.4 Å². The summed E-state index contributed by atoms with van der Waals surface area (Å²) in [6, 6.07) is 4.65. The molecule has 0 spiro atoms. The summed E-state index contributed by atoms with van der Waals surface area (Å²) < 4.78 is 41.5. The number of nitrogens with one attached hydrogen (secondary N) is 2. The highest BCUT2D eigenvalue weighted by molar-refractivity contribution is 6.32. The van der Waals surface area contributed by atoms with Crippen molar-refractivity contribution in [3.63, 3.8) is 0 Å². The second kappa shape index (κ2) is 9.96. The number of rotatable bonds is 7. The number of H-pyrrole nitrogens is 1. The summed E-state index contributed by atoms with van der Waals surface area (Å²) in [4.78, 5) is 15.9. The van der Waals surface area contributed by atoms with Crippen LogP contribution in [0.1, 0.15) is 56.5 Å². The van der Waals surface area contributed by atoms with Gasteiger partial charge in [0.2, 0.25) is 11.7 Å². The molecule has 1 aromatic carbocycles. The van der Waals surface area contributed by atoms with Crippen molar-refractivity contribution in [2.45, 2.75) is 58.2 Å². The predicted octanol–water partition coefficient (Wildman–Crippen LogP) is 5.26. The number of carbonyl (C=O) groups excluding carboxylic acids is 1. The molecule has 1 saturated carbocycles. The summed E-state index contributed by atoms with van der Waals surface area (Å²) >= 11 is 5.99. The molecule has 2 N–H and O–H groups in total. The number of anilines is 2. The highest BCUT2D eigenvalue weighted by Crippen LogP contribution is 2.41. The molecule has 2 aliphatic rings. The maximum atomic E-state index is 13.6. The monoisotopic (exact) mass is 536 g/mol. The average Bonchev–Trinajstić information content (AvgIpc) is 3.40. The van der Waals surface area contributed by atoms with E-state index in [1.165, 1.54) is 13.3 Å². The van der Waals surface area contributed by atoms with Crippen molar-refractivity contribution in [2.24, 2.45) is 11.8 Å². The minimum Gasteiger partial charge on any atom is -0.371 e. The van der Waals surface area contributed by atoms with E-state index in [-0.39, 0.29) is 11.6 Å². The van der Waals surface area contributed by atoms with E-state index in [0.717, 1.165) is 42.7 Å². The second-order valence-corrected chi connectivity index (χ2v) is 10.4. The van der Waals surface area contributed by atoms with Gasteiger partial charge in [-0.2, -0.15) is 23.5 Å². The van der Waals surface area contributed by atoms with Crippen molar-refractivity contribution in [1.82, 2.24) is 30.4 Å².